The molecule has 168 valence electrons. The van der Waals surface area contributed by atoms with Gasteiger partial charge in [-0.2, -0.15) is 5.10 Å². The summed E-state index contributed by atoms with van der Waals surface area (Å²) >= 11 is 20.4. The molecule has 32 heavy (non-hydrogen) atoms. The van der Waals surface area contributed by atoms with Crippen LogP contribution in [0.1, 0.15) is 30.6 Å². The molecule has 0 atom stereocenters. The first kappa shape index (κ1) is 23.1. The molecule has 6 nitrogen and oxygen atoms in total. The van der Waals surface area contributed by atoms with Crippen LogP contribution in [0.4, 0.5) is 10.8 Å². The molecule has 1 amide bonds. The van der Waals surface area contributed by atoms with Gasteiger partial charge in [0.2, 0.25) is 5.13 Å². The molecule has 0 radical (unpaired) electrons. The van der Waals surface area contributed by atoms with Crippen molar-refractivity contribution in [2.45, 2.75) is 20.3 Å². The maximum atomic E-state index is 13.0. The number of hydrogen-bond donors (Lipinski definition) is 1. The number of rotatable bonds is 5. The van der Waals surface area contributed by atoms with Gasteiger partial charge in [0.05, 0.1) is 26.0 Å². The van der Waals surface area contributed by atoms with E-state index in [1.807, 2.05) is 19.1 Å². The first-order valence-electron chi connectivity index (χ1n) is 10.2. The van der Waals surface area contributed by atoms with Crippen LogP contribution in [0.15, 0.2) is 35.4 Å². The number of nitrogens with zero attached hydrogens (tertiary/aromatic N) is 4. The van der Waals surface area contributed by atoms with E-state index in [9.17, 15) is 4.79 Å². The summed E-state index contributed by atoms with van der Waals surface area (Å²) in [6, 6.07) is 8.80. The van der Waals surface area contributed by atoms with Crippen molar-refractivity contribution in [1.29, 1.82) is 0 Å². The fourth-order valence-corrected chi connectivity index (χ4v) is 4.95. The molecule has 10 heteroatoms. The SMILES string of the molecule is CC/C(C)=N\Nc1nc2c(N3CCN(C(=O)c4cc(Cl)ccc4Cl)CC3)c(Cl)ccc2s1. The number of carbonyl (C=O) groups is 1. The van der Waals surface area contributed by atoms with Crippen LogP contribution in [0.5, 0.6) is 0 Å². The number of hydrogen-bond acceptors (Lipinski definition) is 6. The maximum absolute atomic E-state index is 13.0. The van der Waals surface area contributed by atoms with Crippen molar-refractivity contribution in [3.63, 3.8) is 0 Å². The van der Waals surface area contributed by atoms with Gasteiger partial charge in [0.15, 0.2) is 0 Å². The number of nitrogens with one attached hydrogen (secondary N) is 1. The molecule has 0 spiro atoms. The summed E-state index contributed by atoms with van der Waals surface area (Å²) in [5.41, 5.74) is 6.19. The third kappa shape index (κ3) is 4.81. The second kappa shape index (κ2) is 9.83. The van der Waals surface area contributed by atoms with Crippen molar-refractivity contribution in [3.8, 4) is 0 Å². The molecule has 3 aromatic rings. The highest BCUT2D eigenvalue weighted by Gasteiger charge is 2.26. The third-order valence-corrected chi connectivity index (χ3v) is 7.18. The average molecular weight is 511 g/mol. The topological polar surface area (TPSA) is 60.8 Å². The van der Waals surface area contributed by atoms with Gasteiger partial charge >= 0.3 is 0 Å². The summed E-state index contributed by atoms with van der Waals surface area (Å²) in [6.45, 7) is 6.39. The largest absolute Gasteiger partial charge is 0.365 e. The molecule has 0 bridgehead atoms. The van der Waals surface area contributed by atoms with Gasteiger partial charge in [-0.3, -0.25) is 10.2 Å². The Morgan fingerprint density at radius 1 is 1.12 bits per heavy atom. The number of aromatic nitrogens is 1. The normalized spacial score (nSPS) is 14.8. The van der Waals surface area contributed by atoms with E-state index in [0.717, 1.165) is 33.2 Å². The minimum absolute atomic E-state index is 0.120. The summed E-state index contributed by atoms with van der Waals surface area (Å²) in [6.07, 6.45) is 0.873. The molecular weight excluding hydrogens is 489 g/mol. The van der Waals surface area contributed by atoms with Crippen molar-refractivity contribution in [1.82, 2.24) is 9.88 Å². The van der Waals surface area contributed by atoms with Crippen molar-refractivity contribution in [3.05, 3.63) is 51.0 Å². The Bertz CT molecular complexity index is 1190. The molecule has 1 N–H and O–H groups in total. The Balaban J connectivity index is 1.53. The van der Waals surface area contributed by atoms with Crippen molar-refractivity contribution >= 4 is 78.8 Å². The number of amides is 1. The molecule has 0 saturated carbocycles. The lowest BCUT2D eigenvalue weighted by atomic mass is 10.1. The Labute approximate surface area is 205 Å². The van der Waals surface area contributed by atoms with Crippen molar-refractivity contribution in [2.24, 2.45) is 5.10 Å². The van der Waals surface area contributed by atoms with E-state index in [2.05, 4.69) is 22.4 Å². The highest BCUT2D eigenvalue weighted by Crippen LogP contribution is 2.38. The lowest BCUT2D eigenvalue weighted by molar-refractivity contribution is 0.0747. The van der Waals surface area contributed by atoms with Crippen LogP contribution in [0.25, 0.3) is 10.2 Å². The van der Waals surface area contributed by atoms with E-state index in [0.29, 0.717) is 46.8 Å². The Kier molecular flexibility index (Phi) is 7.10. The predicted octanol–water partition coefficient (Wildman–Crippen LogP) is 6.42. The number of carbonyl (C=O) groups excluding carboxylic acids is 1. The molecule has 4 rings (SSSR count). The quantitative estimate of drug-likeness (QED) is 0.318. The summed E-state index contributed by atoms with van der Waals surface area (Å²) in [5, 5.41) is 6.60. The maximum Gasteiger partial charge on any atom is 0.255 e. The zero-order chi connectivity index (χ0) is 22.8. The van der Waals surface area contributed by atoms with Crippen molar-refractivity contribution in [2.75, 3.05) is 36.5 Å². The number of fused-ring (bicyclic) bond motifs is 1. The van der Waals surface area contributed by atoms with Crippen LogP contribution in [0.2, 0.25) is 15.1 Å². The molecule has 0 unspecified atom stereocenters. The molecule has 0 aliphatic carbocycles. The summed E-state index contributed by atoms with van der Waals surface area (Å²) in [7, 11) is 0. The Hall–Kier alpha value is -2.06. The third-order valence-electron chi connectivity index (χ3n) is 5.38. The highest BCUT2D eigenvalue weighted by atomic mass is 35.5. The first-order valence-corrected chi connectivity index (χ1v) is 12.2. The van der Waals surface area contributed by atoms with Gasteiger partial charge in [0.25, 0.3) is 5.91 Å². The van der Waals surface area contributed by atoms with Crippen LogP contribution in [-0.4, -0.2) is 47.7 Å². The second-order valence-electron chi connectivity index (χ2n) is 7.48. The van der Waals surface area contributed by atoms with Crippen LogP contribution in [0.3, 0.4) is 0 Å². The van der Waals surface area contributed by atoms with Gasteiger partial charge in [-0.05, 0) is 43.7 Å². The number of anilines is 2. The molecule has 1 aromatic heterocycles. The van der Waals surface area contributed by atoms with Crippen molar-refractivity contribution < 1.29 is 4.79 Å². The van der Waals surface area contributed by atoms with Crippen LogP contribution < -0.4 is 10.3 Å². The van der Waals surface area contributed by atoms with Gasteiger partial charge in [-0.15, -0.1) is 0 Å². The first-order chi connectivity index (χ1) is 15.4. The summed E-state index contributed by atoms with van der Waals surface area (Å²) in [4.78, 5) is 21.7. The highest BCUT2D eigenvalue weighted by molar-refractivity contribution is 7.22. The molecule has 1 saturated heterocycles. The summed E-state index contributed by atoms with van der Waals surface area (Å²) in [5.74, 6) is -0.120. The van der Waals surface area contributed by atoms with E-state index in [1.54, 1.807) is 23.1 Å². The molecule has 1 fully saturated rings. The van der Waals surface area contributed by atoms with Gasteiger partial charge in [0, 0.05) is 36.9 Å². The fourth-order valence-electron chi connectivity index (χ4n) is 3.49. The summed E-state index contributed by atoms with van der Waals surface area (Å²) < 4.78 is 1.03. The minimum atomic E-state index is -0.120. The number of piperazine rings is 1. The van der Waals surface area contributed by atoms with E-state index in [4.69, 9.17) is 39.8 Å². The number of thiazole rings is 1. The number of benzene rings is 2. The lowest BCUT2D eigenvalue weighted by Crippen LogP contribution is -2.49. The minimum Gasteiger partial charge on any atom is -0.365 e. The smallest absolute Gasteiger partial charge is 0.255 e. The Morgan fingerprint density at radius 3 is 2.56 bits per heavy atom. The van der Waals surface area contributed by atoms with E-state index >= 15 is 0 Å². The Morgan fingerprint density at radius 2 is 1.84 bits per heavy atom. The molecule has 1 aliphatic rings. The molecular formula is C22H22Cl3N5OS. The van der Waals surface area contributed by atoms with Crippen LogP contribution >= 0.6 is 46.1 Å². The van der Waals surface area contributed by atoms with E-state index in [1.165, 1.54) is 11.3 Å². The van der Waals surface area contributed by atoms with Gasteiger partial charge < -0.3 is 9.80 Å². The monoisotopic (exact) mass is 509 g/mol. The zero-order valence-corrected chi connectivity index (χ0v) is 20.7. The molecule has 2 heterocycles. The average Bonchev–Trinajstić information content (AvgIpc) is 3.21. The zero-order valence-electron chi connectivity index (χ0n) is 17.7. The molecule has 2 aromatic carbocycles. The fraction of sp³-hybridized carbons (Fsp3) is 0.318. The number of hydrazone groups is 1. The lowest BCUT2D eigenvalue weighted by Gasteiger charge is -2.36. The van der Waals surface area contributed by atoms with Gasteiger partial charge in [-0.25, -0.2) is 4.98 Å². The van der Waals surface area contributed by atoms with Gasteiger partial charge in [0.1, 0.15) is 5.52 Å². The standard InChI is InChI=1S/C22H22Cl3N5OS/c1-3-13(2)27-28-22-26-19-18(32-22)7-6-17(25)20(19)29-8-10-30(11-9-29)21(31)15-12-14(23)4-5-16(15)24/h4-7,12H,3,8-11H2,1-2H3,(H,26,28)/b27-13-. The van der Waals surface area contributed by atoms with E-state index < -0.39 is 0 Å². The van der Waals surface area contributed by atoms with Gasteiger partial charge in [-0.1, -0.05) is 53.1 Å². The van der Waals surface area contributed by atoms with Crippen LogP contribution in [-0.2, 0) is 0 Å². The molecule has 1 aliphatic heterocycles. The number of halogens is 3. The predicted molar refractivity (Wildman–Crippen MR) is 136 cm³/mol. The van der Waals surface area contributed by atoms with E-state index in [-0.39, 0.29) is 5.91 Å². The second-order valence-corrected chi connectivity index (χ2v) is 9.76. The van der Waals surface area contributed by atoms with Crippen LogP contribution in [0, 0.1) is 0 Å².